The van der Waals surface area contributed by atoms with Gasteiger partial charge in [0.2, 0.25) is 5.91 Å². The van der Waals surface area contributed by atoms with Crippen LogP contribution >= 0.6 is 0 Å². The van der Waals surface area contributed by atoms with Crippen LogP contribution < -0.4 is 5.32 Å². The molecule has 0 bridgehead atoms. The summed E-state index contributed by atoms with van der Waals surface area (Å²) < 4.78 is 26.2. The van der Waals surface area contributed by atoms with Gasteiger partial charge in [0.05, 0.1) is 0 Å². The molecule has 124 valence electrons. The minimum Gasteiger partial charge on any atom is -0.355 e. The molecule has 1 aliphatic rings. The van der Waals surface area contributed by atoms with Crippen LogP contribution in [0.4, 0.5) is 8.78 Å². The van der Waals surface area contributed by atoms with Crippen LogP contribution in [0.25, 0.3) is 0 Å². The Kier molecular flexibility index (Phi) is 6.34. The third kappa shape index (κ3) is 4.78. The van der Waals surface area contributed by atoms with Crippen molar-refractivity contribution in [3.8, 4) is 0 Å². The maximum atomic E-state index is 12.7. The molecule has 1 saturated carbocycles. The molecule has 4 nitrogen and oxygen atoms in total. The Hall–Kier alpha value is -1.46. The summed E-state index contributed by atoms with van der Waals surface area (Å²) >= 11 is 0. The molecule has 6 heteroatoms. The van der Waals surface area contributed by atoms with Crippen LogP contribution in [0.5, 0.6) is 0 Å². The van der Waals surface area contributed by atoms with Crippen molar-refractivity contribution in [2.24, 2.45) is 11.8 Å². The standard InChI is InChI=1S/C16H25F2N3O/c1-12(11-13-5-3-2-4-6-13)15(22)20-8-7-14-19-9-10-21(14)16(17)18/h9-10,12-13,16H,2-8,11H2,1H3,(H,20,22)/t12-/m1/s1. The molecular weight excluding hydrogens is 288 g/mol. The van der Waals surface area contributed by atoms with Crippen LogP contribution in [0, 0.1) is 11.8 Å². The van der Waals surface area contributed by atoms with Gasteiger partial charge in [-0.05, 0) is 12.3 Å². The van der Waals surface area contributed by atoms with Gasteiger partial charge in [0.1, 0.15) is 5.82 Å². The second-order valence-corrected chi connectivity index (χ2v) is 6.21. The SMILES string of the molecule is C[C@H](CC1CCCCC1)C(=O)NCCc1nccn1C(F)F. The first-order valence-electron chi connectivity index (χ1n) is 8.15. The van der Waals surface area contributed by atoms with Crippen LogP contribution in [0.2, 0.25) is 0 Å². The smallest absolute Gasteiger partial charge is 0.319 e. The lowest BCUT2D eigenvalue weighted by atomic mass is 9.83. The van der Waals surface area contributed by atoms with E-state index in [0.29, 0.717) is 24.7 Å². The lowest BCUT2D eigenvalue weighted by Gasteiger charge is -2.24. The molecule has 1 aromatic rings. The van der Waals surface area contributed by atoms with Gasteiger partial charge in [-0.2, -0.15) is 8.78 Å². The molecular formula is C16H25F2N3O. The third-order valence-corrected chi connectivity index (χ3v) is 4.47. The summed E-state index contributed by atoms with van der Waals surface area (Å²) in [6.07, 6.45) is 10.2. The summed E-state index contributed by atoms with van der Waals surface area (Å²) in [6, 6.07) is 0. The third-order valence-electron chi connectivity index (χ3n) is 4.47. The maximum Gasteiger partial charge on any atom is 0.319 e. The lowest BCUT2D eigenvalue weighted by Crippen LogP contribution is -2.32. The van der Waals surface area contributed by atoms with Gasteiger partial charge in [0.15, 0.2) is 0 Å². The number of halogens is 2. The number of carbonyl (C=O) groups excluding carboxylic acids is 1. The molecule has 0 unspecified atom stereocenters. The van der Waals surface area contributed by atoms with E-state index in [1.807, 2.05) is 6.92 Å². The highest BCUT2D eigenvalue weighted by Crippen LogP contribution is 2.28. The first-order valence-corrected chi connectivity index (χ1v) is 8.15. The second-order valence-electron chi connectivity index (χ2n) is 6.21. The Bertz CT molecular complexity index is 470. The number of amides is 1. The number of carbonyl (C=O) groups is 1. The van der Waals surface area contributed by atoms with Crippen LogP contribution in [-0.2, 0) is 11.2 Å². The quantitative estimate of drug-likeness (QED) is 0.837. The van der Waals surface area contributed by atoms with Gasteiger partial charge < -0.3 is 5.32 Å². The van der Waals surface area contributed by atoms with Crippen LogP contribution in [-0.4, -0.2) is 22.0 Å². The lowest BCUT2D eigenvalue weighted by molar-refractivity contribution is -0.125. The zero-order chi connectivity index (χ0) is 15.9. The molecule has 1 aliphatic carbocycles. The van der Waals surface area contributed by atoms with Crippen LogP contribution in [0.3, 0.4) is 0 Å². The Morgan fingerprint density at radius 3 is 2.82 bits per heavy atom. The molecule has 1 amide bonds. The van der Waals surface area contributed by atoms with E-state index in [2.05, 4.69) is 10.3 Å². The van der Waals surface area contributed by atoms with Gasteiger partial charge in [-0.25, -0.2) is 4.98 Å². The zero-order valence-corrected chi connectivity index (χ0v) is 13.1. The Labute approximate surface area is 130 Å². The highest BCUT2D eigenvalue weighted by Gasteiger charge is 2.20. The topological polar surface area (TPSA) is 46.9 Å². The number of nitrogens with zero attached hydrogens (tertiary/aromatic N) is 2. The van der Waals surface area contributed by atoms with E-state index >= 15 is 0 Å². The minimum atomic E-state index is -2.58. The van der Waals surface area contributed by atoms with Crippen molar-refractivity contribution < 1.29 is 13.6 Å². The van der Waals surface area contributed by atoms with Gasteiger partial charge in [-0.3, -0.25) is 9.36 Å². The molecule has 22 heavy (non-hydrogen) atoms. The predicted molar refractivity (Wildman–Crippen MR) is 80.5 cm³/mol. The first-order chi connectivity index (χ1) is 10.6. The highest BCUT2D eigenvalue weighted by molar-refractivity contribution is 5.78. The fourth-order valence-electron chi connectivity index (χ4n) is 3.22. The van der Waals surface area contributed by atoms with Crippen molar-refractivity contribution in [2.45, 2.75) is 58.4 Å². The average molecular weight is 313 g/mol. The zero-order valence-electron chi connectivity index (χ0n) is 13.1. The molecule has 0 spiro atoms. The van der Waals surface area contributed by atoms with Crippen molar-refractivity contribution >= 4 is 5.91 Å². The number of hydrogen-bond acceptors (Lipinski definition) is 2. The van der Waals surface area contributed by atoms with Gasteiger partial charge in [-0.15, -0.1) is 0 Å². The summed E-state index contributed by atoms with van der Waals surface area (Å²) in [4.78, 5) is 16.0. The van der Waals surface area contributed by atoms with E-state index in [0.717, 1.165) is 11.0 Å². The highest BCUT2D eigenvalue weighted by atomic mass is 19.3. The van der Waals surface area contributed by atoms with Crippen molar-refractivity contribution in [1.29, 1.82) is 0 Å². The van der Waals surface area contributed by atoms with E-state index in [4.69, 9.17) is 0 Å². The molecule has 1 heterocycles. The molecule has 1 aromatic heterocycles. The molecule has 0 radical (unpaired) electrons. The van der Waals surface area contributed by atoms with E-state index in [1.54, 1.807) is 0 Å². The molecule has 0 aliphatic heterocycles. The number of rotatable bonds is 7. The second kappa shape index (κ2) is 8.25. The monoisotopic (exact) mass is 313 g/mol. The number of imidazole rings is 1. The van der Waals surface area contributed by atoms with Crippen LogP contribution in [0.1, 0.15) is 57.8 Å². The van der Waals surface area contributed by atoms with Gasteiger partial charge in [-0.1, -0.05) is 39.0 Å². The summed E-state index contributed by atoms with van der Waals surface area (Å²) in [6.45, 7) is -0.292. The fraction of sp³-hybridized carbons (Fsp3) is 0.750. The predicted octanol–water partition coefficient (Wildman–Crippen LogP) is 3.54. The average Bonchev–Trinajstić information content (AvgIpc) is 2.97. The Morgan fingerprint density at radius 2 is 2.14 bits per heavy atom. The number of nitrogens with one attached hydrogen (secondary N) is 1. The van der Waals surface area contributed by atoms with Gasteiger partial charge in [0.25, 0.3) is 0 Å². The van der Waals surface area contributed by atoms with E-state index in [1.165, 1.54) is 44.5 Å². The van der Waals surface area contributed by atoms with Gasteiger partial charge in [0, 0.05) is 31.3 Å². The van der Waals surface area contributed by atoms with Crippen molar-refractivity contribution in [3.63, 3.8) is 0 Å². The largest absolute Gasteiger partial charge is 0.355 e. The molecule has 0 saturated heterocycles. The number of alkyl halides is 2. The summed E-state index contributed by atoms with van der Waals surface area (Å²) in [5.41, 5.74) is 0. The molecule has 1 fully saturated rings. The summed E-state index contributed by atoms with van der Waals surface area (Å²) in [5.74, 6) is 0.959. The van der Waals surface area contributed by atoms with Crippen molar-refractivity contribution in [1.82, 2.24) is 14.9 Å². The normalized spacial score (nSPS) is 17.6. The molecule has 0 aromatic carbocycles. The summed E-state index contributed by atoms with van der Waals surface area (Å²) in [7, 11) is 0. The van der Waals surface area contributed by atoms with Gasteiger partial charge >= 0.3 is 6.55 Å². The minimum absolute atomic E-state index is 0.0146. The summed E-state index contributed by atoms with van der Waals surface area (Å²) in [5, 5.41) is 2.84. The van der Waals surface area contributed by atoms with Crippen molar-refractivity contribution in [2.75, 3.05) is 6.54 Å². The first kappa shape index (κ1) is 16.9. The maximum absolute atomic E-state index is 12.7. The number of hydrogen-bond donors (Lipinski definition) is 1. The van der Waals surface area contributed by atoms with Crippen molar-refractivity contribution in [3.05, 3.63) is 18.2 Å². The Morgan fingerprint density at radius 1 is 1.41 bits per heavy atom. The van der Waals surface area contributed by atoms with E-state index in [9.17, 15) is 13.6 Å². The molecule has 1 atom stereocenters. The molecule has 2 rings (SSSR count). The van der Waals surface area contributed by atoms with Crippen LogP contribution in [0.15, 0.2) is 12.4 Å². The fourth-order valence-corrected chi connectivity index (χ4v) is 3.22. The Balaban J connectivity index is 1.71. The number of aromatic nitrogens is 2. The van der Waals surface area contributed by atoms with E-state index in [-0.39, 0.29) is 11.8 Å². The van der Waals surface area contributed by atoms with E-state index < -0.39 is 6.55 Å². The molecule has 1 N–H and O–H groups in total.